The van der Waals surface area contributed by atoms with E-state index in [-0.39, 0.29) is 0 Å². The summed E-state index contributed by atoms with van der Waals surface area (Å²) in [5.41, 5.74) is 4.21. The summed E-state index contributed by atoms with van der Waals surface area (Å²) >= 11 is 0. The number of hydrogen-bond donors (Lipinski definition) is 1. The minimum Gasteiger partial charge on any atom is -0.330 e. The fourth-order valence-electron chi connectivity index (χ4n) is 3.77. The van der Waals surface area contributed by atoms with E-state index in [1.165, 1.54) is 26.5 Å². The SMILES string of the molecule is CCCCCCCn1c(=O)n(CCCCCCC)c(=O)n(CCCCCCN)c1=O. The maximum absolute atomic E-state index is 12.9. The molecule has 0 aliphatic rings. The molecule has 7 heteroatoms. The Bertz CT molecular complexity index is 618. The van der Waals surface area contributed by atoms with Crippen LogP contribution in [0.5, 0.6) is 0 Å². The second-order valence-electron chi connectivity index (χ2n) is 8.33. The van der Waals surface area contributed by atoms with E-state index in [1.807, 2.05) is 0 Å². The molecule has 0 saturated heterocycles. The summed E-state index contributed by atoms with van der Waals surface area (Å²) in [6.45, 7) is 6.14. The van der Waals surface area contributed by atoms with Gasteiger partial charge in [-0.05, 0) is 32.2 Å². The van der Waals surface area contributed by atoms with Crippen LogP contribution in [0.25, 0.3) is 0 Å². The van der Waals surface area contributed by atoms with E-state index < -0.39 is 17.1 Å². The zero-order valence-corrected chi connectivity index (χ0v) is 19.4. The van der Waals surface area contributed by atoms with E-state index >= 15 is 0 Å². The van der Waals surface area contributed by atoms with Gasteiger partial charge in [0.1, 0.15) is 0 Å². The lowest BCUT2D eigenvalue weighted by atomic mass is 10.1. The molecule has 0 fully saturated rings. The van der Waals surface area contributed by atoms with Crippen molar-refractivity contribution < 1.29 is 0 Å². The molecular formula is C23H44N4O3. The molecule has 0 atom stereocenters. The third kappa shape index (κ3) is 9.02. The minimum atomic E-state index is -0.443. The Balaban J connectivity index is 2.98. The Morgan fingerprint density at radius 2 is 0.800 bits per heavy atom. The molecular weight excluding hydrogens is 380 g/mol. The van der Waals surface area contributed by atoms with Crippen molar-refractivity contribution in [3.8, 4) is 0 Å². The largest absolute Gasteiger partial charge is 0.336 e. The molecule has 1 aromatic rings. The highest BCUT2D eigenvalue weighted by Crippen LogP contribution is 2.04. The fraction of sp³-hybridized carbons (Fsp3) is 0.870. The summed E-state index contributed by atoms with van der Waals surface area (Å²) in [7, 11) is 0. The molecule has 30 heavy (non-hydrogen) atoms. The highest BCUT2D eigenvalue weighted by molar-refractivity contribution is 4.79. The van der Waals surface area contributed by atoms with Crippen LogP contribution in [0.4, 0.5) is 0 Å². The number of rotatable bonds is 18. The number of nitrogens with two attached hydrogens (primary N) is 1. The molecule has 0 saturated carbocycles. The van der Waals surface area contributed by atoms with Gasteiger partial charge >= 0.3 is 17.1 Å². The van der Waals surface area contributed by atoms with Gasteiger partial charge in [0.2, 0.25) is 0 Å². The Kier molecular flexibility index (Phi) is 14.2. The van der Waals surface area contributed by atoms with Crippen LogP contribution in [0, 0.1) is 0 Å². The summed E-state index contributed by atoms with van der Waals surface area (Å²) in [4.78, 5) is 38.7. The maximum atomic E-state index is 12.9. The Morgan fingerprint density at radius 3 is 1.10 bits per heavy atom. The van der Waals surface area contributed by atoms with E-state index in [4.69, 9.17) is 5.73 Å². The van der Waals surface area contributed by atoms with Crippen molar-refractivity contribution >= 4 is 0 Å². The van der Waals surface area contributed by atoms with Gasteiger partial charge in [-0.25, -0.2) is 28.1 Å². The third-order valence-electron chi connectivity index (χ3n) is 5.69. The molecule has 0 amide bonds. The van der Waals surface area contributed by atoms with Gasteiger partial charge in [-0.2, -0.15) is 0 Å². The van der Waals surface area contributed by atoms with Crippen molar-refractivity contribution in [3.05, 3.63) is 31.5 Å². The molecule has 0 unspecified atom stereocenters. The van der Waals surface area contributed by atoms with Crippen molar-refractivity contribution in [1.82, 2.24) is 13.7 Å². The highest BCUT2D eigenvalue weighted by atomic mass is 16.2. The zero-order valence-electron chi connectivity index (χ0n) is 19.4. The number of aromatic nitrogens is 3. The molecule has 0 aliphatic carbocycles. The molecule has 0 aromatic carbocycles. The van der Waals surface area contributed by atoms with E-state index in [0.717, 1.165) is 77.0 Å². The van der Waals surface area contributed by atoms with Gasteiger partial charge in [-0.15, -0.1) is 0 Å². The fourth-order valence-corrected chi connectivity index (χ4v) is 3.77. The molecule has 2 N–H and O–H groups in total. The summed E-state index contributed by atoms with van der Waals surface area (Å²) in [6, 6.07) is 0. The zero-order chi connectivity index (χ0) is 22.2. The predicted molar refractivity (Wildman–Crippen MR) is 124 cm³/mol. The first kappa shape index (κ1) is 26.4. The molecule has 0 aliphatic heterocycles. The van der Waals surface area contributed by atoms with Crippen LogP contribution >= 0.6 is 0 Å². The third-order valence-corrected chi connectivity index (χ3v) is 5.69. The van der Waals surface area contributed by atoms with Crippen molar-refractivity contribution in [2.45, 2.75) is 123 Å². The quantitative estimate of drug-likeness (QED) is 0.364. The van der Waals surface area contributed by atoms with Crippen LogP contribution in [0.2, 0.25) is 0 Å². The van der Waals surface area contributed by atoms with Crippen LogP contribution < -0.4 is 22.8 Å². The lowest BCUT2D eigenvalue weighted by Gasteiger charge is -2.14. The standard InChI is InChI=1S/C23H44N4O3/c1-3-5-7-10-14-18-25-21(28)26(19-15-11-8-6-4-2)23(30)27(22(25)29)20-16-12-9-13-17-24/h3-20,24H2,1-2H3. The molecule has 0 spiro atoms. The van der Waals surface area contributed by atoms with Crippen LogP contribution in [0.15, 0.2) is 14.4 Å². The lowest BCUT2D eigenvalue weighted by molar-refractivity contribution is 0.412. The molecule has 7 nitrogen and oxygen atoms in total. The Labute approximate surface area is 181 Å². The number of nitrogens with zero attached hydrogens (tertiary/aromatic N) is 3. The first-order valence-electron chi connectivity index (χ1n) is 12.2. The minimum absolute atomic E-state index is 0.369. The molecule has 1 rings (SSSR count). The van der Waals surface area contributed by atoms with E-state index in [2.05, 4.69) is 13.8 Å². The van der Waals surface area contributed by atoms with Gasteiger partial charge in [0.05, 0.1) is 0 Å². The number of hydrogen-bond acceptors (Lipinski definition) is 4. The number of unbranched alkanes of at least 4 members (excludes halogenated alkanes) is 11. The maximum Gasteiger partial charge on any atom is 0.336 e. The molecule has 1 aromatic heterocycles. The van der Waals surface area contributed by atoms with Gasteiger partial charge < -0.3 is 5.73 Å². The molecule has 174 valence electrons. The first-order valence-corrected chi connectivity index (χ1v) is 12.2. The molecule has 0 radical (unpaired) electrons. The monoisotopic (exact) mass is 424 g/mol. The predicted octanol–water partition coefficient (Wildman–Crippen LogP) is 3.63. The highest BCUT2D eigenvalue weighted by Gasteiger charge is 2.15. The van der Waals surface area contributed by atoms with E-state index in [9.17, 15) is 14.4 Å². The Hall–Kier alpha value is -1.63. The topological polar surface area (TPSA) is 92.0 Å². The van der Waals surface area contributed by atoms with Crippen LogP contribution in [0.3, 0.4) is 0 Å². The van der Waals surface area contributed by atoms with Crippen LogP contribution in [-0.4, -0.2) is 20.2 Å². The van der Waals surface area contributed by atoms with Crippen molar-refractivity contribution in [2.75, 3.05) is 6.54 Å². The average molecular weight is 425 g/mol. The summed E-state index contributed by atoms with van der Waals surface area (Å²) in [5.74, 6) is 0. The first-order chi connectivity index (χ1) is 14.6. The normalized spacial score (nSPS) is 11.3. The van der Waals surface area contributed by atoms with E-state index in [1.54, 1.807) is 0 Å². The molecule has 1 heterocycles. The summed E-state index contributed by atoms with van der Waals surface area (Å²) < 4.78 is 3.86. The van der Waals surface area contributed by atoms with Gasteiger partial charge in [0.15, 0.2) is 0 Å². The van der Waals surface area contributed by atoms with Crippen molar-refractivity contribution in [1.29, 1.82) is 0 Å². The van der Waals surface area contributed by atoms with Gasteiger partial charge in [-0.1, -0.05) is 78.1 Å². The lowest BCUT2D eigenvalue weighted by Crippen LogP contribution is -2.54. The van der Waals surface area contributed by atoms with Crippen LogP contribution in [-0.2, 0) is 19.6 Å². The second-order valence-corrected chi connectivity index (χ2v) is 8.33. The molecule has 0 bridgehead atoms. The second kappa shape index (κ2) is 16.1. The van der Waals surface area contributed by atoms with Crippen molar-refractivity contribution in [2.24, 2.45) is 5.73 Å². The van der Waals surface area contributed by atoms with Crippen LogP contribution in [0.1, 0.15) is 104 Å². The van der Waals surface area contributed by atoms with Gasteiger partial charge in [0, 0.05) is 19.6 Å². The van der Waals surface area contributed by atoms with Gasteiger partial charge in [-0.3, -0.25) is 0 Å². The van der Waals surface area contributed by atoms with Crippen molar-refractivity contribution in [3.63, 3.8) is 0 Å². The van der Waals surface area contributed by atoms with Gasteiger partial charge in [0.25, 0.3) is 0 Å². The van der Waals surface area contributed by atoms with E-state index in [0.29, 0.717) is 26.2 Å². The summed E-state index contributed by atoms with van der Waals surface area (Å²) in [6.07, 6.45) is 14.1. The average Bonchev–Trinajstić information content (AvgIpc) is 2.74. The summed E-state index contributed by atoms with van der Waals surface area (Å²) in [5, 5.41) is 0. The smallest absolute Gasteiger partial charge is 0.330 e. The Morgan fingerprint density at radius 1 is 0.500 bits per heavy atom.